The molecule has 8 nitrogen and oxygen atoms in total. The number of benzene rings is 1. The molecule has 1 saturated carbocycles. The molecular weight excluding hydrogens is 550 g/mol. The van der Waals surface area contributed by atoms with Crippen LogP contribution in [0, 0.1) is 36.8 Å². The molecule has 3 fully saturated rings. The van der Waals surface area contributed by atoms with Gasteiger partial charge in [0.05, 0.1) is 17.3 Å². The molecule has 1 aromatic heterocycles. The van der Waals surface area contributed by atoms with Gasteiger partial charge in [-0.05, 0) is 82.7 Å². The van der Waals surface area contributed by atoms with Crippen molar-refractivity contribution in [2.45, 2.75) is 96.3 Å². The Balaban J connectivity index is 1.20. The van der Waals surface area contributed by atoms with Crippen LogP contribution in [0.5, 0.6) is 0 Å². The summed E-state index contributed by atoms with van der Waals surface area (Å²) >= 11 is 0. The van der Waals surface area contributed by atoms with Crippen LogP contribution in [0.1, 0.15) is 97.2 Å². The molecule has 2 unspecified atom stereocenters. The van der Waals surface area contributed by atoms with Gasteiger partial charge >= 0.3 is 6.03 Å². The van der Waals surface area contributed by atoms with Gasteiger partial charge in [0.1, 0.15) is 23.4 Å². The molecule has 0 radical (unpaired) electrons. The molecule has 1 aromatic carbocycles. The molecule has 2 aliphatic heterocycles. The Kier molecular flexibility index (Phi) is 9.60. The Labute approximate surface area is 253 Å². The largest absolute Gasteiger partial charge is 0.352 e. The average Bonchev–Trinajstić information content (AvgIpc) is 3.34. The number of likely N-dealkylation sites (tertiary alicyclic amines) is 1. The third-order valence-electron chi connectivity index (χ3n) is 9.61. The van der Waals surface area contributed by atoms with E-state index in [1.165, 1.54) is 18.6 Å². The molecule has 2 saturated heterocycles. The van der Waals surface area contributed by atoms with Gasteiger partial charge in [0.15, 0.2) is 0 Å². The summed E-state index contributed by atoms with van der Waals surface area (Å²) in [7, 11) is 0. The normalized spacial score (nSPS) is 21.2. The highest BCUT2D eigenvalue weighted by molar-refractivity contribution is 5.96. The second kappa shape index (κ2) is 13.4. The summed E-state index contributed by atoms with van der Waals surface area (Å²) in [4.78, 5) is 37.1. The second-order valence-corrected chi connectivity index (χ2v) is 12.4. The Morgan fingerprint density at radius 2 is 1.81 bits per heavy atom. The van der Waals surface area contributed by atoms with Crippen LogP contribution in [0.15, 0.2) is 24.3 Å². The highest BCUT2D eigenvalue weighted by atomic mass is 19.1. The lowest BCUT2D eigenvalue weighted by Gasteiger charge is -2.41. The second-order valence-electron chi connectivity index (χ2n) is 12.4. The first kappa shape index (κ1) is 30.9. The molecule has 230 valence electrons. The Morgan fingerprint density at radius 1 is 1.09 bits per heavy atom. The van der Waals surface area contributed by atoms with Crippen molar-refractivity contribution < 1.29 is 18.4 Å². The fourth-order valence-electron chi connectivity index (χ4n) is 7.26. The number of pyridine rings is 1. The number of carbonyl (C=O) groups is 2. The Hall–Kier alpha value is -3.58. The third-order valence-corrected chi connectivity index (χ3v) is 9.61. The number of aromatic nitrogens is 1. The predicted octanol–water partition coefficient (Wildman–Crippen LogP) is 5.63. The van der Waals surface area contributed by atoms with Gasteiger partial charge in [-0.15, -0.1) is 0 Å². The lowest BCUT2D eigenvalue weighted by Crippen LogP contribution is -2.50. The minimum Gasteiger partial charge on any atom is -0.352 e. The number of urea groups is 1. The number of aryl methyl sites for hydroxylation is 2. The van der Waals surface area contributed by atoms with Crippen LogP contribution >= 0.6 is 0 Å². The van der Waals surface area contributed by atoms with Crippen LogP contribution in [-0.4, -0.2) is 75.9 Å². The van der Waals surface area contributed by atoms with Crippen molar-refractivity contribution >= 4 is 11.9 Å². The number of carbonyl (C=O) groups excluding carboxylic acids is 2. The van der Waals surface area contributed by atoms with E-state index in [0.717, 1.165) is 69.7 Å². The van der Waals surface area contributed by atoms with Crippen molar-refractivity contribution in [3.63, 3.8) is 0 Å². The van der Waals surface area contributed by atoms with Gasteiger partial charge in [-0.25, -0.2) is 18.6 Å². The topological polar surface area (TPSA) is 92.6 Å². The fourth-order valence-corrected chi connectivity index (χ4v) is 7.26. The van der Waals surface area contributed by atoms with Gasteiger partial charge in [-0.2, -0.15) is 5.26 Å². The molecule has 0 bridgehead atoms. The predicted molar refractivity (Wildman–Crippen MR) is 159 cm³/mol. The summed E-state index contributed by atoms with van der Waals surface area (Å²) in [5.74, 6) is -1.15. The first-order valence-corrected chi connectivity index (χ1v) is 15.6. The summed E-state index contributed by atoms with van der Waals surface area (Å²) in [5, 5.41) is 12.1. The lowest BCUT2D eigenvalue weighted by atomic mass is 9.94. The molecule has 1 N–H and O–H groups in total. The minimum atomic E-state index is -0.502. The maximum absolute atomic E-state index is 15.0. The molecule has 10 heteroatoms. The van der Waals surface area contributed by atoms with E-state index in [-0.39, 0.29) is 35.6 Å². The van der Waals surface area contributed by atoms with E-state index in [1.807, 2.05) is 22.8 Å². The molecule has 3 amide bonds. The lowest BCUT2D eigenvalue weighted by molar-refractivity contribution is 0.0873. The average molecular weight is 593 g/mol. The number of halogens is 2. The zero-order valence-corrected chi connectivity index (χ0v) is 25.4. The number of piperidine rings is 1. The van der Waals surface area contributed by atoms with Crippen LogP contribution in [0.2, 0.25) is 0 Å². The SMILES string of the molecule is Cc1cc(C#N)nc(C)c1C(=O)NCCC(C)N1CCC(N2C(=O)N(C3CCCCC3)CC2c2cc(F)ccc2F)CC1. The van der Waals surface area contributed by atoms with E-state index >= 15 is 4.39 Å². The van der Waals surface area contributed by atoms with Gasteiger partial charge in [0.25, 0.3) is 5.91 Å². The van der Waals surface area contributed by atoms with Crippen molar-refractivity contribution in [2.75, 3.05) is 26.2 Å². The molecule has 3 aliphatic rings. The summed E-state index contributed by atoms with van der Waals surface area (Å²) in [6, 6.07) is 6.98. The van der Waals surface area contributed by atoms with Gasteiger partial charge in [-0.1, -0.05) is 19.3 Å². The van der Waals surface area contributed by atoms with Crippen LogP contribution in [-0.2, 0) is 0 Å². The summed E-state index contributed by atoms with van der Waals surface area (Å²) < 4.78 is 29.3. The van der Waals surface area contributed by atoms with Crippen LogP contribution < -0.4 is 5.32 Å². The van der Waals surface area contributed by atoms with Crippen molar-refractivity contribution in [1.82, 2.24) is 25.0 Å². The van der Waals surface area contributed by atoms with Crippen molar-refractivity contribution in [1.29, 1.82) is 5.26 Å². The van der Waals surface area contributed by atoms with E-state index < -0.39 is 17.7 Å². The van der Waals surface area contributed by atoms with Crippen LogP contribution in [0.25, 0.3) is 0 Å². The molecule has 43 heavy (non-hydrogen) atoms. The Bertz CT molecular complexity index is 1360. The summed E-state index contributed by atoms with van der Waals surface area (Å²) in [6.07, 6.45) is 7.55. The molecule has 0 spiro atoms. The Morgan fingerprint density at radius 3 is 2.49 bits per heavy atom. The molecule has 5 rings (SSSR count). The first-order valence-electron chi connectivity index (χ1n) is 15.6. The highest BCUT2D eigenvalue weighted by Crippen LogP contribution is 2.39. The first-order chi connectivity index (χ1) is 20.7. The number of amides is 3. The van der Waals surface area contributed by atoms with Gasteiger partial charge in [-0.3, -0.25) is 4.79 Å². The monoisotopic (exact) mass is 592 g/mol. The zero-order valence-electron chi connectivity index (χ0n) is 25.4. The number of nitriles is 1. The maximum Gasteiger partial charge on any atom is 0.321 e. The molecular formula is C33H42F2N6O2. The molecule has 2 aromatic rings. The summed E-state index contributed by atoms with van der Waals surface area (Å²) in [6.45, 7) is 8.15. The van der Waals surface area contributed by atoms with Crippen molar-refractivity contribution in [3.05, 3.63) is 64.0 Å². The number of hydrogen-bond acceptors (Lipinski definition) is 5. The van der Waals surface area contributed by atoms with E-state index in [9.17, 15) is 14.0 Å². The van der Waals surface area contributed by atoms with Gasteiger partial charge < -0.3 is 20.0 Å². The van der Waals surface area contributed by atoms with Crippen molar-refractivity contribution in [2.24, 2.45) is 0 Å². The molecule has 3 heterocycles. The zero-order chi connectivity index (χ0) is 30.7. The number of nitrogens with one attached hydrogen (secondary N) is 1. The van der Waals surface area contributed by atoms with Crippen molar-refractivity contribution in [3.8, 4) is 6.07 Å². The standard InChI is InChI=1S/C33H42F2N6O2/c1-21-17-25(19-36)38-23(3)31(21)32(42)37-14-11-22(2)39-15-12-27(13-16-39)41-30(28-18-24(34)9-10-29(28)35)20-40(33(41)43)26-7-5-4-6-8-26/h9-10,17-18,22,26-27,30H,4-8,11-16,20H2,1-3H3,(H,37,42). The van der Waals surface area contributed by atoms with E-state index in [2.05, 4.69) is 22.1 Å². The van der Waals surface area contributed by atoms with Crippen LogP contribution in [0.3, 0.4) is 0 Å². The van der Waals surface area contributed by atoms with Gasteiger partial charge in [0.2, 0.25) is 0 Å². The fraction of sp³-hybridized carbons (Fsp3) is 0.576. The molecule has 1 aliphatic carbocycles. The van der Waals surface area contributed by atoms with E-state index in [0.29, 0.717) is 30.0 Å². The number of hydrogen-bond donors (Lipinski definition) is 1. The summed E-state index contributed by atoms with van der Waals surface area (Å²) in [5.41, 5.74) is 2.34. The maximum atomic E-state index is 15.0. The third kappa shape index (κ3) is 6.67. The number of rotatable bonds is 8. The van der Waals surface area contributed by atoms with Crippen LogP contribution in [0.4, 0.5) is 13.6 Å². The smallest absolute Gasteiger partial charge is 0.321 e. The molecule has 2 atom stereocenters. The number of nitrogens with zero attached hydrogens (tertiary/aromatic N) is 5. The van der Waals surface area contributed by atoms with E-state index in [4.69, 9.17) is 5.26 Å². The van der Waals surface area contributed by atoms with E-state index in [1.54, 1.807) is 13.0 Å². The highest BCUT2D eigenvalue weighted by Gasteiger charge is 2.46. The van der Waals surface area contributed by atoms with Gasteiger partial charge in [0, 0.05) is 49.9 Å². The quantitative estimate of drug-likeness (QED) is 0.429. The minimum absolute atomic E-state index is 0.0438.